The van der Waals surface area contributed by atoms with Crippen molar-refractivity contribution in [3.63, 3.8) is 0 Å². The molecule has 2 rings (SSSR count). The van der Waals surface area contributed by atoms with Crippen LogP contribution in [0.3, 0.4) is 0 Å². The predicted octanol–water partition coefficient (Wildman–Crippen LogP) is 1.50. The average Bonchev–Trinajstić information content (AvgIpc) is 2.96. The van der Waals surface area contributed by atoms with Crippen LogP contribution in [0.1, 0.15) is 33.1 Å². The molecule has 2 N–H and O–H groups in total. The number of aromatic nitrogens is 2. The van der Waals surface area contributed by atoms with Gasteiger partial charge in [-0.25, -0.2) is 0 Å². The molecule has 1 saturated heterocycles. The second kappa shape index (κ2) is 5.00. The fourth-order valence-electron chi connectivity index (χ4n) is 2.68. The van der Waals surface area contributed by atoms with Gasteiger partial charge in [-0.2, -0.15) is 5.10 Å². The Bertz CT molecular complexity index is 422. The molecule has 1 aliphatic heterocycles. The van der Waals surface area contributed by atoms with E-state index in [2.05, 4.69) is 18.9 Å². The fraction of sp³-hybridized carbons (Fsp3) is 0.692. The Morgan fingerprint density at radius 2 is 2.22 bits per heavy atom. The summed E-state index contributed by atoms with van der Waals surface area (Å²) in [4.78, 5) is 14.1. The van der Waals surface area contributed by atoms with Gasteiger partial charge in [0.15, 0.2) is 0 Å². The van der Waals surface area contributed by atoms with Gasteiger partial charge in [-0.1, -0.05) is 13.8 Å². The number of amides is 1. The van der Waals surface area contributed by atoms with Crippen LogP contribution in [0.2, 0.25) is 0 Å². The van der Waals surface area contributed by atoms with Crippen LogP contribution in [0.4, 0.5) is 5.69 Å². The summed E-state index contributed by atoms with van der Waals surface area (Å²) in [5.74, 6) is 0.141. The van der Waals surface area contributed by atoms with Crippen LogP contribution in [0, 0.1) is 5.41 Å². The first-order chi connectivity index (χ1) is 8.58. The lowest BCUT2D eigenvalue weighted by molar-refractivity contribution is -0.131. The second-order valence-corrected chi connectivity index (χ2v) is 5.24. The molecule has 2 heterocycles. The van der Waals surface area contributed by atoms with Gasteiger partial charge < -0.3 is 10.6 Å². The second-order valence-electron chi connectivity index (χ2n) is 5.24. The standard InChI is InChI=1S/C13H22N4O/c1-3-13(4-2)5-6-16(10-13)12(18)9-17-8-11(14)7-15-17/h7-8H,3-6,9-10,14H2,1-2H3. The van der Waals surface area contributed by atoms with Crippen molar-refractivity contribution < 1.29 is 4.79 Å². The maximum absolute atomic E-state index is 12.2. The maximum atomic E-state index is 12.2. The molecule has 0 spiro atoms. The van der Waals surface area contributed by atoms with Gasteiger partial charge >= 0.3 is 0 Å². The lowest BCUT2D eigenvalue weighted by Gasteiger charge is -2.26. The Morgan fingerprint density at radius 3 is 2.72 bits per heavy atom. The first kappa shape index (κ1) is 12.9. The number of nitrogens with zero attached hydrogens (tertiary/aromatic N) is 3. The summed E-state index contributed by atoms with van der Waals surface area (Å²) in [5.41, 5.74) is 6.52. The van der Waals surface area contributed by atoms with Gasteiger partial charge in [-0.15, -0.1) is 0 Å². The summed E-state index contributed by atoms with van der Waals surface area (Å²) in [6, 6.07) is 0. The van der Waals surface area contributed by atoms with Crippen molar-refractivity contribution in [1.29, 1.82) is 0 Å². The van der Waals surface area contributed by atoms with E-state index in [1.807, 2.05) is 4.90 Å². The van der Waals surface area contributed by atoms with E-state index >= 15 is 0 Å². The van der Waals surface area contributed by atoms with Crippen molar-refractivity contribution in [1.82, 2.24) is 14.7 Å². The summed E-state index contributed by atoms with van der Waals surface area (Å²) in [7, 11) is 0. The molecule has 0 saturated carbocycles. The van der Waals surface area contributed by atoms with Gasteiger partial charge in [0.25, 0.3) is 0 Å². The molecule has 1 amide bonds. The Balaban J connectivity index is 1.95. The minimum Gasteiger partial charge on any atom is -0.396 e. The molecule has 1 aliphatic rings. The van der Waals surface area contributed by atoms with Crippen molar-refractivity contribution in [3.05, 3.63) is 12.4 Å². The zero-order chi connectivity index (χ0) is 13.2. The molecule has 0 bridgehead atoms. The van der Waals surface area contributed by atoms with Crippen molar-refractivity contribution in [2.75, 3.05) is 18.8 Å². The molecule has 5 heteroatoms. The first-order valence-electron chi connectivity index (χ1n) is 6.64. The van der Waals surface area contributed by atoms with Crippen LogP contribution >= 0.6 is 0 Å². The molecule has 0 aliphatic carbocycles. The van der Waals surface area contributed by atoms with Crippen molar-refractivity contribution in [2.24, 2.45) is 5.41 Å². The summed E-state index contributed by atoms with van der Waals surface area (Å²) in [6.45, 7) is 6.48. The predicted molar refractivity (Wildman–Crippen MR) is 70.9 cm³/mol. The van der Waals surface area contributed by atoms with E-state index in [0.717, 1.165) is 32.4 Å². The lowest BCUT2D eigenvalue weighted by Crippen LogP contribution is -2.34. The Hall–Kier alpha value is -1.52. The van der Waals surface area contributed by atoms with Gasteiger partial charge in [-0.05, 0) is 24.7 Å². The smallest absolute Gasteiger partial charge is 0.244 e. The zero-order valence-electron chi connectivity index (χ0n) is 11.2. The van der Waals surface area contributed by atoms with Gasteiger partial charge in [0, 0.05) is 19.3 Å². The molecule has 100 valence electrons. The highest BCUT2D eigenvalue weighted by Gasteiger charge is 2.36. The summed E-state index contributed by atoms with van der Waals surface area (Å²) >= 11 is 0. The molecule has 5 nitrogen and oxygen atoms in total. The number of carbonyl (C=O) groups excluding carboxylic acids is 1. The summed E-state index contributed by atoms with van der Waals surface area (Å²) in [6.07, 6.45) is 6.66. The quantitative estimate of drug-likeness (QED) is 0.880. The minimum absolute atomic E-state index is 0.141. The van der Waals surface area contributed by atoms with E-state index in [1.165, 1.54) is 0 Å². The van der Waals surface area contributed by atoms with Crippen LogP contribution in [0.5, 0.6) is 0 Å². The van der Waals surface area contributed by atoms with Crippen LogP contribution in [-0.2, 0) is 11.3 Å². The number of hydrogen-bond donors (Lipinski definition) is 1. The highest BCUT2D eigenvalue weighted by molar-refractivity contribution is 5.76. The molecule has 18 heavy (non-hydrogen) atoms. The summed E-state index contributed by atoms with van der Waals surface area (Å²) in [5, 5.41) is 4.05. The van der Waals surface area contributed by atoms with E-state index < -0.39 is 0 Å². The zero-order valence-corrected chi connectivity index (χ0v) is 11.2. The molecule has 0 unspecified atom stereocenters. The van der Waals surface area contributed by atoms with Gasteiger partial charge in [0.2, 0.25) is 5.91 Å². The maximum Gasteiger partial charge on any atom is 0.244 e. The van der Waals surface area contributed by atoms with Crippen LogP contribution < -0.4 is 5.73 Å². The third-order valence-corrected chi connectivity index (χ3v) is 4.24. The first-order valence-corrected chi connectivity index (χ1v) is 6.64. The number of anilines is 1. The number of rotatable bonds is 4. The Kier molecular flexibility index (Phi) is 3.59. The third-order valence-electron chi connectivity index (χ3n) is 4.24. The summed E-state index contributed by atoms with van der Waals surface area (Å²) < 4.78 is 1.61. The highest BCUT2D eigenvalue weighted by Crippen LogP contribution is 2.36. The number of carbonyl (C=O) groups is 1. The van der Waals surface area contributed by atoms with E-state index in [9.17, 15) is 4.79 Å². The van der Waals surface area contributed by atoms with Crippen molar-refractivity contribution in [3.8, 4) is 0 Å². The van der Waals surface area contributed by atoms with Gasteiger partial charge in [0.05, 0.1) is 11.9 Å². The number of nitrogens with two attached hydrogens (primary N) is 1. The average molecular weight is 250 g/mol. The van der Waals surface area contributed by atoms with Crippen LogP contribution in [-0.4, -0.2) is 33.7 Å². The van der Waals surface area contributed by atoms with E-state index in [1.54, 1.807) is 17.1 Å². The monoisotopic (exact) mass is 250 g/mol. The highest BCUT2D eigenvalue weighted by atomic mass is 16.2. The molecule has 0 aromatic carbocycles. The molecule has 1 aromatic rings. The van der Waals surface area contributed by atoms with E-state index in [-0.39, 0.29) is 5.91 Å². The van der Waals surface area contributed by atoms with E-state index in [0.29, 0.717) is 17.6 Å². The molecule has 1 aromatic heterocycles. The van der Waals surface area contributed by atoms with Crippen LogP contribution in [0.25, 0.3) is 0 Å². The SMILES string of the molecule is CCC1(CC)CCN(C(=O)Cn2cc(N)cn2)C1. The minimum atomic E-state index is 0.141. The fourth-order valence-corrected chi connectivity index (χ4v) is 2.68. The third kappa shape index (κ3) is 2.49. The number of nitrogen functional groups attached to an aromatic ring is 1. The molecule has 0 radical (unpaired) electrons. The van der Waals surface area contributed by atoms with Crippen molar-refractivity contribution in [2.45, 2.75) is 39.7 Å². The lowest BCUT2D eigenvalue weighted by atomic mass is 9.82. The Labute approximate surface area is 108 Å². The number of hydrogen-bond acceptors (Lipinski definition) is 3. The van der Waals surface area contributed by atoms with Crippen molar-refractivity contribution >= 4 is 11.6 Å². The number of likely N-dealkylation sites (tertiary alicyclic amines) is 1. The molecular weight excluding hydrogens is 228 g/mol. The molecular formula is C13H22N4O. The Morgan fingerprint density at radius 1 is 1.50 bits per heavy atom. The van der Waals surface area contributed by atoms with Gasteiger partial charge in [-0.3, -0.25) is 9.48 Å². The van der Waals surface area contributed by atoms with E-state index in [4.69, 9.17) is 5.73 Å². The van der Waals surface area contributed by atoms with Gasteiger partial charge in [0.1, 0.15) is 6.54 Å². The molecule has 1 fully saturated rings. The largest absolute Gasteiger partial charge is 0.396 e. The topological polar surface area (TPSA) is 64.2 Å². The van der Waals surface area contributed by atoms with Crippen LogP contribution in [0.15, 0.2) is 12.4 Å². The normalized spacial score (nSPS) is 18.2. The molecule has 0 atom stereocenters.